The molecule has 1 aliphatic rings. The summed E-state index contributed by atoms with van der Waals surface area (Å²) in [6.45, 7) is 1.23. The monoisotopic (exact) mass is 246 g/mol. The highest BCUT2D eigenvalue weighted by Crippen LogP contribution is 2.25. The van der Waals surface area contributed by atoms with E-state index in [0.29, 0.717) is 24.9 Å². The molecule has 6 nitrogen and oxygen atoms in total. The molecule has 1 saturated heterocycles. The number of hydrogen-bond acceptors (Lipinski definition) is 6. The fourth-order valence-electron chi connectivity index (χ4n) is 2.01. The summed E-state index contributed by atoms with van der Waals surface area (Å²) >= 11 is 0. The first-order chi connectivity index (χ1) is 8.84. The molecule has 3 heterocycles. The van der Waals surface area contributed by atoms with Crippen LogP contribution in [0.1, 0.15) is 18.2 Å². The topological polar surface area (TPSA) is 87.1 Å². The predicted octanol–water partition coefficient (Wildman–Crippen LogP) is 0.963. The quantitative estimate of drug-likeness (QED) is 0.849. The minimum absolute atomic E-state index is 0.0148. The summed E-state index contributed by atoms with van der Waals surface area (Å²) in [6, 6.07) is 3.74. The number of nitrogens with zero attached hydrogens (tertiary/aromatic N) is 3. The Morgan fingerprint density at radius 3 is 3.11 bits per heavy atom. The van der Waals surface area contributed by atoms with Crippen molar-refractivity contribution >= 4 is 0 Å². The van der Waals surface area contributed by atoms with Crippen LogP contribution in [0.4, 0.5) is 0 Å². The van der Waals surface area contributed by atoms with Crippen LogP contribution in [0, 0.1) is 0 Å². The van der Waals surface area contributed by atoms with Gasteiger partial charge in [-0.2, -0.15) is 4.98 Å². The molecule has 18 heavy (non-hydrogen) atoms. The molecule has 0 saturated carbocycles. The lowest BCUT2D eigenvalue weighted by Crippen LogP contribution is -2.37. The molecular weight excluding hydrogens is 232 g/mol. The zero-order valence-electron chi connectivity index (χ0n) is 9.82. The maximum absolute atomic E-state index is 6.04. The standard InChI is InChI=1S/C12H14N4O2/c13-10-3-5-17-7-9(10)12-15-11(16-18-12)8-2-1-4-14-6-8/h1-2,4,6,9-10H,3,5,7,13H2. The lowest BCUT2D eigenvalue weighted by Gasteiger charge is -2.25. The van der Waals surface area contributed by atoms with Crippen molar-refractivity contribution in [3.05, 3.63) is 30.4 Å². The molecule has 0 bridgehead atoms. The highest BCUT2D eigenvalue weighted by atomic mass is 16.5. The second-order valence-corrected chi connectivity index (χ2v) is 4.33. The van der Waals surface area contributed by atoms with E-state index in [-0.39, 0.29) is 12.0 Å². The largest absolute Gasteiger partial charge is 0.381 e. The van der Waals surface area contributed by atoms with Gasteiger partial charge >= 0.3 is 0 Å². The summed E-state index contributed by atoms with van der Waals surface area (Å²) in [5.41, 5.74) is 6.87. The van der Waals surface area contributed by atoms with Gasteiger partial charge in [0.25, 0.3) is 0 Å². The van der Waals surface area contributed by atoms with Crippen molar-refractivity contribution in [1.29, 1.82) is 0 Å². The van der Waals surface area contributed by atoms with E-state index in [1.165, 1.54) is 0 Å². The number of hydrogen-bond donors (Lipinski definition) is 1. The third kappa shape index (κ3) is 2.12. The molecule has 2 atom stereocenters. The molecule has 0 spiro atoms. The van der Waals surface area contributed by atoms with Gasteiger partial charge in [-0.1, -0.05) is 5.16 Å². The zero-order chi connectivity index (χ0) is 12.4. The van der Waals surface area contributed by atoms with Gasteiger partial charge in [0.05, 0.1) is 12.5 Å². The SMILES string of the molecule is NC1CCOCC1c1nc(-c2cccnc2)no1. The molecule has 94 valence electrons. The smallest absolute Gasteiger partial charge is 0.233 e. The van der Waals surface area contributed by atoms with Gasteiger partial charge in [-0.3, -0.25) is 4.98 Å². The van der Waals surface area contributed by atoms with Crippen molar-refractivity contribution in [3.63, 3.8) is 0 Å². The van der Waals surface area contributed by atoms with Crippen LogP contribution < -0.4 is 5.73 Å². The van der Waals surface area contributed by atoms with Crippen molar-refractivity contribution in [2.75, 3.05) is 13.2 Å². The van der Waals surface area contributed by atoms with Gasteiger partial charge in [-0.25, -0.2) is 0 Å². The Morgan fingerprint density at radius 2 is 2.33 bits per heavy atom. The summed E-state index contributed by atoms with van der Waals surface area (Å²) in [6.07, 6.45) is 4.22. The Labute approximate surface area is 104 Å². The lowest BCUT2D eigenvalue weighted by molar-refractivity contribution is 0.0590. The Kier molecular flexibility index (Phi) is 3.04. The Balaban J connectivity index is 1.85. The molecule has 3 rings (SSSR count). The van der Waals surface area contributed by atoms with E-state index in [9.17, 15) is 0 Å². The zero-order valence-corrected chi connectivity index (χ0v) is 9.82. The average molecular weight is 246 g/mol. The average Bonchev–Trinajstić information content (AvgIpc) is 2.90. The van der Waals surface area contributed by atoms with Crippen molar-refractivity contribution in [1.82, 2.24) is 15.1 Å². The molecule has 6 heteroatoms. The third-order valence-corrected chi connectivity index (χ3v) is 3.09. The fraction of sp³-hybridized carbons (Fsp3) is 0.417. The van der Waals surface area contributed by atoms with Crippen LogP contribution in [-0.4, -0.2) is 34.4 Å². The molecule has 2 N–H and O–H groups in total. The summed E-state index contributed by atoms with van der Waals surface area (Å²) in [5, 5.41) is 3.96. The second-order valence-electron chi connectivity index (χ2n) is 4.33. The van der Waals surface area contributed by atoms with Crippen molar-refractivity contribution in [2.45, 2.75) is 18.4 Å². The summed E-state index contributed by atoms with van der Waals surface area (Å²) in [4.78, 5) is 8.40. The second kappa shape index (κ2) is 4.83. The fourth-order valence-corrected chi connectivity index (χ4v) is 2.01. The van der Waals surface area contributed by atoms with Crippen LogP contribution in [0.25, 0.3) is 11.4 Å². The summed E-state index contributed by atoms with van der Waals surface area (Å²) in [7, 11) is 0. The van der Waals surface area contributed by atoms with Crippen molar-refractivity contribution < 1.29 is 9.26 Å². The molecular formula is C12H14N4O2. The normalized spacial score (nSPS) is 24.1. The molecule has 2 unspecified atom stereocenters. The van der Waals surface area contributed by atoms with E-state index in [4.69, 9.17) is 15.0 Å². The van der Waals surface area contributed by atoms with Crippen LogP contribution in [-0.2, 0) is 4.74 Å². The van der Waals surface area contributed by atoms with Gasteiger partial charge in [-0.15, -0.1) is 0 Å². The maximum atomic E-state index is 6.04. The number of nitrogens with two attached hydrogens (primary N) is 1. The van der Waals surface area contributed by atoms with Crippen LogP contribution in [0.2, 0.25) is 0 Å². The van der Waals surface area contributed by atoms with Crippen LogP contribution in [0.15, 0.2) is 29.0 Å². The number of rotatable bonds is 2. The molecule has 1 aliphatic heterocycles. The minimum Gasteiger partial charge on any atom is -0.381 e. The first-order valence-corrected chi connectivity index (χ1v) is 5.92. The molecule has 2 aromatic rings. The number of ether oxygens (including phenoxy) is 1. The maximum Gasteiger partial charge on any atom is 0.233 e. The molecule has 0 aromatic carbocycles. The van der Waals surface area contributed by atoms with Crippen LogP contribution >= 0.6 is 0 Å². The minimum atomic E-state index is -0.0170. The molecule has 2 aromatic heterocycles. The Bertz CT molecular complexity index is 514. The van der Waals surface area contributed by atoms with E-state index in [1.807, 2.05) is 12.1 Å². The Hall–Kier alpha value is -1.79. The molecule has 1 fully saturated rings. The third-order valence-electron chi connectivity index (χ3n) is 3.09. The van der Waals surface area contributed by atoms with E-state index < -0.39 is 0 Å². The molecule has 0 aliphatic carbocycles. The van der Waals surface area contributed by atoms with E-state index in [1.54, 1.807) is 12.4 Å². The van der Waals surface area contributed by atoms with Crippen LogP contribution in [0.3, 0.4) is 0 Å². The van der Waals surface area contributed by atoms with E-state index in [0.717, 1.165) is 12.0 Å². The van der Waals surface area contributed by atoms with E-state index in [2.05, 4.69) is 15.1 Å². The molecule has 0 amide bonds. The summed E-state index contributed by atoms with van der Waals surface area (Å²) < 4.78 is 10.7. The lowest BCUT2D eigenvalue weighted by atomic mass is 9.97. The van der Waals surface area contributed by atoms with Crippen molar-refractivity contribution in [2.24, 2.45) is 5.73 Å². The first kappa shape index (κ1) is 11.3. The van der Waals surface area contributed by atoms with Gasteiger partial charge in [-0.05, 0) is 18.6 Å². The summed E-state index contributed by atoms with van der Waals surface area (Å²) in [5.74, 6) is 1.06. The molecule has 0 radical (unpaired) electrons. The van der Waals surface area contributed by atoms with Gasteiger partial charge in [0.15, 0.2) is 0 Å². The van der Waals surface area contributed by atoms with Crippen LogP contribution in [0.5, 0.6) is 0 Å². The number of pyridine rings is 1. The Morgan fingerprint density at radius 1 is 1.39 bits per heavy atom. The van der Waals surface area contributed by atoms with Gasteiger partial charge in [0, 0.05) is 30.6 Å². The highest BCUT2D eigenvalue weighted by Gasteiger charge is 2.29. The van der Waals surface area contributed by atoms with Gasteiger partial charge < -0.3 is 15.0 Å². The predicted molar refractivity (Wildman–Crippen MR) is 63.7 cm³/mol. The first-order valence-electron chi connectivity index (χ1n) is 5.92. The highest BCUT2D eigenvalue weighted by molar-refractivity contribution is 5.51. The van der Waals surface area contributed by atoms with Crippen molar-refractivity contribution in [3.8, 4) is 11.4 Å². The van der Waals surface area contributed by atoms with Gasteiger partial charge in [0.2, 0.25) is 11.7 Å². The van der Waals surface area contributed by atoms with Gasteiger partial charge in [0.1, 0.15) is 0 Å². The number of aromatic nitrogens is 3. The van der Waals surface area contributed by atoms with E-state index >= 15 is 0 Å².